The van der Waals surface area contributed by atoms with Crippen LogP contribution in [-0.4, -0.2) is 151 Å². The van der Waals surface area contributed by atoms with E-state index in [1.807, 2.05) is 6.92 Å². The smallest absolute Gasteiger partial charge is 0.187 e. The van der Waals surface area contributed by atoms with Crippen LogP contribution in [0.1, 0.15) is 28.5 Å². The highest BCUT2D eigenvalue weighted by atomic mass is 16.8. The van der Waals surface area contributed by atoms with Gasteiger partial charge in [-0.15, -0.1) is 0 Å². The second-order valence-corrected chi connectivity index (χ2v) is 12.4. The number of hydrogen-bond donors (Lipinski definition) is 8. The van der Waals surface area contributed by atoms with Crippen LogP contribution in [0.25, 0.3) is 0 Å². The van der Waals surface area contributed by atoms with Crippen molar-refractivity contribution in [2.75, 3.05) is 13.2 Å². The Morgan fingerprint density at radius 1 is 0.786 bits per heavy atom. The van der Waals surface area contributed by atoms with Crippen LogP contribution in [0.3, 0.4) is 0 Å². The van der Waals surface area contributed by atoms with Crippen molar-refractivity contribution >= 4 is 7.85 Å². The molecular formula is C26H46BN3O12. The second kappa shape index (κ2) is 13.1. The number of nitrogens with two attached hydrogens (primary N) is 3. The molecule has 16 heteroatoms. The Balaban J connectivity index is 1.30. The van der Waals surface area contributed by atoms with E-state index in [0.717, 1.165) is 0 Å². The number of rotatable bonds is 7. The molecule has 8 unspecified atom stereocenters. The molecule has 0 aromatic carbocycles. The fourth-order valence-electron chi connectivity index (χ4n) is 6.55. The van der Waals surface area contributed by atoms with E-state index in [1.165, 1.54) is 0 Å². The summed E-state index contributed by atoms with van der Waals surface area (Å²) in [6.07, 6.45) is -16.1. The summed E-state index contributed by atoms with van der Waals surface area (Å²) in [7, 11) is 6.28. The lowest BCUT2D eigenvalue weighted by molar-refractivity contribution is -0.301. The lowest BCUT2D eigenvalue weighted by Crippen LogP contribution is -2.64. The molecule has 11 N–H and O–H groups in total. The van der Waals surface area contributed by atoms with Crippen molar-refractivity contribution in [3.05, 3.63) is 0 Å². The molecule has 4 aliphatic heterocycles. The molecule has 5 aliphatic rings. The van der Waals surface area contributed by atoms with Gasteiger partial charge in [0.15, 0.2) is 18.9 Å². The summed E-state index contributed by atoms with van der Waals surface area (Å²) >= 11 is 0. The van der Waals surface area contributed by atoms with E-state index in [9.17, 15) is 25.5 Å². The van der Waals surface area contributed by atoms with Crippen LogP contribution in [0.5, 0.6) is 0 Å². The predicted molar refractivity (Wildman–Crippen MR) is 144 cm³/mol. The van der Waals surface area contributed by atoms with E-state index in [0.29, 0.717) is 13.0 Å². The van der Waals surface area contributed by atoms with E-state index in [4.69, 9.17) is 59.6 Å². The molecule has 0 aromatic rings. The van der Waals surface area contributed by atoms with Crippen LogP contribution < -0.4 is 17.2 Å². The van der Waals surface area contributed by atoms with Gasteiger partial charge in [-0.3, -0.25) is 0 Å². The zero-order valence-electron chi connectivity index (χ0n) is 24.8. The van der Waals surface area contributed by atoms with Crippen molar-refractivity contribution in [3.63, 3.8) is 0 Å². The maximum Gasteiger partial charge on any atom is 0.187 e. The molecule has 240 valence electrons. The SMILES string of the molecule is [2H]C[C@H]1O[C@@H](O[C@@H]2C(O)[C@H](C)CC(N)[C@H]2O[C@H]2OC3C(C)CO[C@H]3[C@H](O)C2[B])C(O)[C@H]1O[C@H]1O[C@@H](CN)[C@@H](O)C(O)C1N. The molecule has 0 bridgehead atoms. The summed E-state index contributed by atoms with van der Waals surface area (Å²) in [5.41, 5.74) is 18.2. The third kappa shape index (κ3) is 6.02. The molecule has 1 saturated carbocycles. The van der Waals surface area contributed by atoms with Gasteiger partial charge in [-0.2, -0.15) is 0 Å². The molecule has 0 aromatic heterocycles. The van der Waals surface area contributed by atoms with Gasteiger partial charge in [0.2, 0.25) is 0 Å². The minimum Gasteiger partial charge on any atom is -0.391 e. The Bertz CT molecular complexity index is 935. The summed E-state index contributed by atoms with van der Waals surface area (Å²) in [5.74, 6) is -1.30. The van der Waals surface area contributed by atoms with Crippen molar-refractivity contribution in [3.8, 4) is 0 Å². The predicted octanol–water partition coefficient (Wildman–Crippen LogP) is -4.21. The summed E-state index contributed by atoms with van der Waals surface area (Å²) < 4.78 is 49.5. The van der Waals surface area contributed by atoms with Gasteiger partial charge in [0.25, 0.3) is 0 Å². The number of hydrogen-bond acceptors (Lipinski definition) is 15. The molecule has 42 heavy (non-hydrogen) atoms. The summed E-state index contributed by atoms with van der Waals surface area (Å²) in [6, 6.07) is -1.82. The van der Waals surface area contributed by atoms with Crippen LogP contribution >= 0.6 is 0 Å². The second-order valence-electron chi connectivity index (χ2n) is 12.4. The van der Waals surface area contributed by atoms with Crippen LogP contribution in [-0.2, 0) is 33.2 Å². The first kappa shape index (κ1) is 31.4. The van der Waals surface area contributed by atoms with Gasteiger partial charge in [-0.1, -0.05) is 13.8 Å². The first-order valence-corrected chi connectivity index (χ1v) is 14.6. The molecule has 4 saturated heterocycles. The van der Waals surface area contributed by atoms with E-state index in [-0.39, 0.29) is 25.3 Å². The highest BCUT2D eigenvalue weighted by molar-refractivity contribution is 6.12. The standard InChI is InChI=1S/C26H46BN3O12/c1-7-4-10(29)21(41-24-12(27)16(33)22-19(39-24)8(2)6-36-22)23(14(7)31)42-26-18(35)20(9(3)37-26)40-25-13(30)17(34)15(32)11(5-28)38-25/h7-26,31-35H,4-6,28-30H2,1-3H3/t7-,8?,9-,10?,11+,12?,13?,14?,15-,16-,17?,18?,19?,20+,21-,22+,23-,24-,25-,26+/m1/s1/i3D. The fourth-order valence-corrected chi connectivity index (χ4v) is 6.55. The van der Waals surface area contributed by atoms with E-state index in [2.05, 4.69) is 0 Å². The third-order valence-electron chi connectivity index (χ3n) is 9.23. The fraction of sp³-hybridized carbons (Fsp3) is 1.00. The molecule has 5 fully saturated rings. The van der Waals surface area contributed by atoms with Gasteiger partial charge < -0.3 is 75.9 Å². The highest BCUT2D eigenvalue weighted by Crippen LogP contribution is 2.41. The Morgan fingerprint density at radius 2 is 1.48 bits per heavy atom. The zero-order chi connectivity index (χ0) is 31.3. The van der Waals surface area contributed by atoms with Gasteiger partial charge in [-0.25, -0.2) is 0 Å². The summed E-state index contributed by atoms with van der Waals surface area (Å²) in [5, 5.41) is 53.7. The normalized spacial score (nSPS) is 57.1. The molecule has 15 nitrogen and oxygen atoms in total. The Labute approximate surface area is 247 Å². The van der Waals surface area contributed by atoms with E-state index in [1.54, 1.807) is 6.92 Å². The first-order chi connectivity index (χ1) is 20.4. The Morgan fingerprint density at radius 3 is 2.17 bits per heavy atom. The maximum atomic E-state index is 11.2. The lowest BCUT2D eigenvalue weighted by Gasteiger charge is -2.47. The van der Waals surface area contributed by atoms with E-state index >= 15 is 0 Å². The topological polar surface area (TPSA) is 244 Å². The number of fused-ring (bicyclic) bond motifs is 1. The summed E-state index contributed by atoms with van der Waals surface area (Å²) in [4.78, 5) is 0. The quantitative estimate of drug-likeness (QED) is 0.128. The van der Waals surface area contributed by atoms with Gasteiger partial charge in [0, 0.05) is 25.7 Å². The van der Waals surface area contributed by atoms with E-state index < -0.39 is 110 Å². The third-order valence-corrected chi connectivity index (χ3v) is 9.23. The van der Waals surface area contributed by atoms with Gasteiger partial charge in [0.05, 0.1) is 44.9 Å². The van der Waals surface area contributed by atoms with Crippen molar-refractivity contribution in [1.29, 1.82) is 0 Å². The maximum absolute atomic E-state index is 11.2. The molecule has 2 radical (unpaired) electrons. The van der Waals surface area contributed by atoms with Crippen LogP contribution in [0, 0.1) is 11.8 Å². The number of ether oxygens (including phenoxy) is 7. The van der Waals surface area contributed by atoms with Gasteiger partial charge in [0.1, 0.15) is 48.8 Å². The van der Waals surface area contributed by atoms with Crippen molar-refractivity contribution < 1.29 is 60.1 Å². The molecule has 5 rings (SSSR count). The van der Waals surface area contributed by atoms with Crippen LogP contribution in [0.15, 0.2) is 0 Å². The lowest BCUT2D eigenvalue weighted by atomic mass is 9.75. The Kier molecular flexibility index (Phi) is 9.78. The molecule has 1 aliphatic carbocycles. The zero-order valence-corrected chi connectivity index (χ0v) is 23.8. The number of aliphatic hydroxyl groups excluding tert-OH is 5. The average molecular weight is 604 g/mol. The number of aliphatic hydroxyl groups is 5. The molecule has 0 amide bonds. The van der Waals surface area contributed by atoms with Crippen molar-refractivity contribution in [2.24, 2.45) is 29.0 Å². The van der Waals surface area contributed by atoms with Gasteiger partial charge >= 0.3 is 0 Å². The van der Waals surface area contributed by atoms with Crippen LogP contribution in [0.4, 0.5) is 0 Å². The summed E-state index contributed by atoms with van der Waals surface area (Å²) in [6.45, 7) is 3.66. The molecule has 4 heterocycles. The minimum absolute atomic E-state index is 0.0116. The first-order valence-electron chi connectivity index (χ1n) is 15.3. The molecule has 0 spiro atoms. The molecular weight excluding hydrogens is 557 g/mol. The van der Waals surface area contributed by atoms with Crippen LogP contribution in [0.2, 0.25) is 5.82 Å². The van der Waals surface area contributed by atoms with Crippen molar-refractivity contribution in [1.82, 2.24) is 0 Å². The monoisotopic (exact) mass is 604 g/mol. The average Bonchev–Trinajstić information content (AvgIpc) is 3.50. The highest BCUT2D eigenvalue weighted by Gasteiger charge is 2.54. The largest absolute Gasteiger partial charge is 0.391 e. The molecule has 20 atom stereocenters. The van der Waals surface area contributed by atoms with Gasteiger partial charge in [-0.05, 0) is 19.2 Å². The Hall–Kier alpha value is -0.535. The minimum atomic E-state index is -1.49. The van der Waals surface area contributed by atoms with Crippen molar-refractivity contribution in [2.45, 2.75) is 137 Å².